The standard InChI is InChI=1S/C19H20ClN3O3/c1-12-6-7-13(8-17(12)20)21-19(25)22-14-9-18(24)23(11-14)15-4-3-5-16(10-15)26-2/h3-8,10,14H,9,11H2,1-2H3,(H2,21,22,25). The van der Waals surface area contributed by atoms with E-state index in [0.29, 0.717) is 23.0 Å². The molecule has 6 nitrogen and oxygen atoms in total. The largest absolute Gasteiger partial charge is 0.497 e. The van der Waals surface area contributed by atoms with Crippen molar-refractivity contribution >= 4 is 34.9 Å². The highest BCUT2D eigenvalue weighted by atomic mass is 35.5. The molecule has 7 heteroatoms. The fourth-order valence-electron chi connectivity index (χ4n) is 2.86. The molecular weight excluding hydrogens is 354 g/mol. The van der Waals surface area contributed by atoms with E-state index in [2.05, 4.69) is 10.6 Å². The van der Waals surface area contributed by atoms with Gasteiger partial charge in [0.1, 0.15) is 5.75 Å². The van der Waals surface area contributed by atoms with Crippen LogP contribution in [0, 0.1) is 6.92 Å². The van der Waals surface area contributed by atoms with Crippen LogP contribution in [0.3, 0.4) is 0 Å². The van der Waals surface area contributed by atoms with Gasteiger partial charge in [-0.05, 0) is 36.8 Å². The maximum Gasteiger partial charge on any atom is 0.319 e. The molecule has 0 saturated carbocycles. The molecule has 136 valence electrons. The van der Waals surface area contributed by atoms with Crippen molar-refractivity contribution in [3.63, 3.8) is 0 Å². The molecule has 2 aromatic carbocycles. The number of carbonyl (C=O) groups is 2. The number of amides is 3. The predicted molar refractivity (Wildman–Crippen MR) is 102 cm³/mol. The summed E-state index contributed by atoms with van der Waals surface area (Å²) < 4.78 is 5.20. The van der Waals surface area contributed by atoms with Gasteiger partial charge in [0, 0.05) is 35.4 Å². The van der Waals surface area contributed by atoms with Gasteiger partial charge in [-0.1, -0.05) is 23.7 Å². The first-order chi connectivity index (χ1) is 12.5. The van der Waals surface area contributed by atoms with Gasteiger partial charge in [-0.25, -0.2) is 4.79 Å². The number of urea groups is 1. The van der Waals surface area contributed by atoms with Gasteiger partial charge in [0.15, 0.2) is 0 Å². The van der Waals surface area contributed by atoms with Crippen molar-refractivity contribution in [2.24, 2.45) is 0 Å². The van der Waals surface area contributed by atoms with Gasteiger partial charge < -0.3 is 20.3 Å². The van der Waals surface area contributed by atoms with E-state index in [0.717, 1.165) is 11.3 Å². The smallest absolute Gasteiger partial charge is 0.319 e. The van der Waals surface area contributed by atoms with Gasteiger partial charge in [-0.15, -0.1) is 0 Å². The molecule has 0 aromatic heterocycles. The summed E-state index contributed by atoms with van der Waals surface area (Å²) >= 11 is 6.07. The number of hydrogen-bond donors (Lipinski definition) is 2. The third-order valence-electron chi connectivity index (χ3n) is 4.25. The van der Waals surface area contributed by atoms with Crippen LogP contribution >= 0.6 is 11.6 Å². The molecule has 1 atom stereocenters. The lowest BCUT2D eigenvalue weighted by Crippen LogP contribution is -2.39. The molecule has 1 aliphatic heterocycles. The Balaban J connectivity index is 1.61. The van der Waals surface area contributed by atoms with Crippen molar-refractivity contribution in [2.45, 2.75) is 19.4 Å². The van der Waals surface area contributed by atoms with E-state index >= 15 is 0 Å². The number of halogens is 1. The first-order valence-electron chi connectivity index (χ1n) is 8.24. The molecule has 1 heterocycles. The third-order valence-corrected chi connectivity index (χ3v) is 4.66. The molecule has 3 amide bonds. The first-order valence-corrected chi connectivity index (χ1v) is 8.62. The number of nitrogens with zero attached hydrogens (tertiary/aromatic N) is 1. The SMILES string of the molecule is COc1cccc(N2CC(NC(=O)Nc3ccc(C)c(Cl)c3)CC2=O)c1. The zero-order valence-electron chi connectivity index (χ0n) is 14.6. The quantitative estimate of drug-likeness (QED) is 0.860. The average Bonchev–Trinajstić information content (AvgIpc) is 2.98. The number of ether oxygens (including phenoxy) is 1. The van der Waals surface area contributed by atoms with Crippen molar-refractivity contribution in [3.8, 4) is 5.75 Å². The molecule has 1 fully saturated rings. The summed E-state index contributed by atoms with van der Waals surface area (Å²) in [4.78, 5) is 26.2. The molecular formula is C19H20ClN3O3. The summed E-state index contributed by atoms with van der Waals surface area (Å²) in [5.41, 5.74) is 2.30. The second kappa shape index (κ2) is 7.66. The lowest BCUT2D eigenvalue weighted by molar-refractivity contribution is -0.117. The van der Waals surface area contributed by atoms with Crippen LogP contribution in [0.2, 0.25) is 5.02 Å². The Morgan fingerprint density at radius 3 is 2.81 bits per heavy atom. The summed E-state index contributed by atoms with van der Waals surface area (Å²) in [6, 6.07) is 12.0. The molecule has 2 N–H and O–H groups in total. The molecule has 1 saturated heterocycles. The Morgan fingerprint density at radius 1 is 1.27 bits per heavy atom. The Kier molecular flexibility index (Phi) is 5.32. The molecule has 1 aliphatic rings. The Morgan fingerprint density at radius 2 is 2.08 bits per heavy atom. The van der Waals surface area contributed by atoms with Crippen LogP contribution in [0.25, 0.3) is 0 Å². The highest BCUT2D eigenvalue weighted by molar-refractivity contribution is 6.31. The molecule has 2 aromatic rings. The highest BCUT2D eigenvalue weighted by Gasteiger charge is 2.31. The number of nitrogens with one attached hydrogen (secondary N) is 2. The molecule has 0 radical (unpaired) electrons. The molecule has 26 heavy (non-hydrogen) atoms. The van der Waals surface area contributed by atoms with Crippen LogP contribution in [0.5, 0.6) is 5.75 Å². The second-order valence-corrected chi connectivity index (χ2v) is 6.58. The highest BCUT2D eigenvalue weighted by Crippen LogP contribution is 2.25. The zero-order chi connectivity index (χ0) is 18.7. The normalized spacial score (nSPS) is 16.5. The topological polar surface area (TPSA) is 70.7 Å². The van der Waals surface area contributed by atoms with Crippen LogP contribution in [0.4, 0.5) is 16.2 Å². The summed E-state index contributed by atoms with van der Waals surface area (Å²) in [6.45, 7) is 2.30. The second-order valence-electron chi connectivity index (χ2n) is 6.17. The van der Waals surface area contributed by atoms with Crippen LogP contribution < -0.4 is 20.3 Å². The van der Waals surface area contributed by atoms with Crippen molar-refractivity contribution < 1.29 is 14.3 Å². The number of carbonyl (C=O) groups excluding carboxylic acids is 2. The summed E-state index contributed by atoms with van der Waals surface area (Å²) in [5, 5.41) is 6.16. The predicted octanol–water partition coefficient (Wildman–Crippen LogP) is 3.58. The Bertz CT molecular complexity index is 841. The van der Waals surface area contributed by atoms with Gasteiger partial charge in [0.2, 0.25) is 5.91 Å². The van der Waals surface area contributed by atoms with E-state index in [9.17, 15) is 9.59 Å². The van der Waals surface area contributed by atoms with Gasteiger partial charge in [-0.3, -0.25) is 4.79 Å². The average molecular weight is 374 g/mol. The number of hydrogen-bond acceptors (Lipinski definition) is 3. The third kappa shape index (κ3) is 4.08. The van der Waals surface area contributed by atoms with E-state index in [4.69, 9.17) is 16.3 Å². The fraction of sp³-hybridized carbons (Fsp3) is 0.263. The zero-order valence-corrected chi connectivity index (χ0v) is 15.3. The minimum atomic E-state index is -0.366. The molecule has 0 aliphatic carbocycles. The fourth-order valence-corrected chi connectivity index (χ4v) is 3.04. The minimum absolute atomic E-state index is 0.0399. The van der Waals surface area contributed by atoms with Crippen molar-refractivity contribution in [1.29, 1.82) is 0 Å². The number of rotatable bonds is 4. The number of aryl methyl sites for hydroxylation is 1. The maximum atomic E-state index is 12.3. The van der Waals surface area contributed by atoms with Crippen LogP contribution in [0.1, 0.15) is 12.0 Å². The van der Waals surface area contributed by atoms with E-state index < -0.39 is 0 Å². The van der Waals surface area contributed by atoms with Crippen LogP contribution in [0.15, 0.2) is 42.5 Å². The number of anilines is 2. The number of benzene rings is 2. The summed E-state index contributed by atoms with van der Waals surface area (Å²) in [7, 11) is 1.58. The van der Waals surface area contributed by atoms with Gasteiger partial charge in [0.25, 0.3) is 0 Å². The molecule has 1 unspecified atom stereocenters. The molecule has 0 bridgehead atoms. The van der Waals surface area contributed by atoms with Crippen molar-refractivity contribution in [2.75, 3.05) is 23.9 Å². The van der Waals surface area contributed by atoms with Gasteiger partial charge in [-0.2, -0.15) is 0 Å². The summed E-state index contributed by atoms with van der Waals surface area (Å²) in [6.07, 6.45) is 0.249. The summed E-state index contributed by atoms with van der Waals surface area (Å²) in [5.74, 6) is 0.641. The monoisotopic (exact) mass is 373 g/mol. The lowest BCUT2D eigenvalue weighted by Gasteiger charge is -2.18. The maximum absolute atomic E-state index is 12.3. The minimum Gasteiger partial charge on any atom is -0.497 e. The molecule has 0 spiro atoms. The van der Waals surface area contributed by atoms with Gasteiger partial charge in [0.05, 0.1) is 13.2 Å². The van der Waals surface area contributed by atoms with E-state index in [1.54, 1.807) is 30.2 Å². The lowest BCUT2D eigenvalue weighted by atomic mass is 10.2. The number of methoxy groups -OCH3 is 1. The van der Waals surface area contributed by atoms with Crippen molar-refractivity contribution in [3.05, 3.63) is 53.1 Å². The van der Waals surface area contributed by atoms with E-state index in [1.165, 1.54) is 0 Å². The van der Waals surface area contributed by atoms with Gasteiger partial charge >= 0.3 is 6.03 Å². The van der Waals surface area contributed by atoms with Crippen LogP contribution in [-0.2, 0) is 4.79 Å². The van der Waals surface area contributed by atoms with E-state index in [1.807, 2.05) is 31.2 Å². The molecule has 3 rings (SSSR count). The first kappa shape index (κ1) is 18.1. The Labute approximate surface area is 157 Å². The Hall–Kier alpha value is -2.73. The van der Waals surface area contributed by atoms with Crippen LogP contribution in [-0.4, -0.2) is 31.6 Å². The van der Waals surface area contributed by atoms with E-state index in [-0.39, 0.29) is 24.4 Å². The van der Waals surface area contributed by atoms with Crippen molar-refractivity contribution in [1.82, 2.24) is 5.32 Å².